The molecule has 0 unspecified atom stereocenters. The summed E-state index contributed by atoms with van der Waals surface area (Å²) >= 11 is 0. The maximum atomic E-state index is 13.0. The molecule has 0 saturated carbocycles. The minimum atomic E-state index is -0.0278. The highest BCUT2D eigenvalue weighted by Crippen LogP contribution is 2.27. The first kappa shape index (κ1) is 20.3. The fourth-order valence-electron chi connectivity index (χ4n) is 4.50. The Bertz CT molecular complexity index is 719. The number of carbonyl (C=O) groups excluding carboxylic acids is 1. The van der Waals surface area contributed by atoms with Gasteiger partial charge in [0.15, 0.2) is 0 Å². The van der Waals surface area contributed by atoms with Crippen molar-refractivity contribution in [3.8, 4) is 6.07 Å². The van der Waals surface area contributed by atoms with Gasteiger partial charge in [0.05, 0.1) is 43.6 Å². The summed E-state index contributed by atoms with van der Waals surface area (Å²) in [5, 5.41) is 8.94. The molecule has 3 aliphatic heterocycles. The molecule has 3 aliphatic rings. The maximum Gasteiger partial charge on any atom is 0.244 e. The molecule has 1 aromatic rings. The second-order valence-corrected chi connectivity index (χ2v) is 8.01. The van der Waals surface area contributed by atoms with Crippen molar-refractivity contribution in [1.29, 1.82) is 5.26 Å². The maximum absolute atomic E-state index is 13.0. The fraction of sp³-hybridized carbons (Fsp3) is 0.636. The monoisotopic (exact) mass is 398 g/mol. The number of benzene rings is 1. The van der Waals surface area contributed by atoms with Crippen LogP contribution in [0.2, 0.25) is 0 Å². The summed E-state index contributed by atoms with van der Waals surface area (Å²) in [5.41, 5.74) is 1.51. The van der Waals surface area contributed by atoms with Crippen LogP contribution in [0.25, 0.3) is 0 Å². The highest BCUT2D eigenvalue weighted by Gasteiger charge is 2.38. The van der Waals surface area contributed by atoms with Gasteiger partial charge in [0.2, 0.25) is 5.91 Å². The van der Waals surface area contributed by atoms with Gasteiger partial charge >= 0.3 is 0 Å². The summed E-state index contributed by atoms with van der Waals surface area (Å²) in [5.74, 6) is 0.182. The van der Waals surface area contributed by atoms with Gasteiger partial charge in [-0.1, -0.05) is 0 Å². The molecule has 0 radical (unpaired) electrons. The average molecular weight is 399 g/mol. The molecule has 3 saturated heterocycles. The van der Waals surface area contributed by atoms with E-state index in [0.717, 1.165) is 84.0 Å². The molecule has 3 fully saturated rings. The molecule has 7 heteroatoms. The number of nitrogens with zero attached hydrogens (tertiary/aromatic N) is 4. The molecule has 1 amide bonds. The fourth-order valence-corrected chi connectivity index (χ4v) is 4.50. The number of morpholine rings is 1. The number of anilines is 1. The Kier molecular flexibility index (Phi) is 6.78. The lowest BCUT2D eigenvalue weighted by atomic mass is 10.0. The molecule has 0 N–H and O–H groups in total. The number of rotatable bonds is 6. The lowest BCUT2D eigenvalue weighted by Gasteiger charge is -2.35. The number of hydrogen-bond acceptors (Lipinski definition) is 6. The van der Waals surface area contributed by atoms with Gasteiger partial charge in [0.25, 0.3) is 0 Å². The van der Waals surface area contributed by atoms with Crippen LogP contribution in [0.5, 0.6) is 0 Å². The van der Waals surface area contributed by atoms with E-state index in [9.17, 15) is 4.79 Å². The highest BCUT2D eigenvalue weighted by molar-refractivity contribution is 5.99. The zero-order chi connectivity index (χ0) is 20.1. The van der Waals surface area contributed by atoms with Gasteiger partial charge in [-0.05, 0) is 43.5 Å². The highest BCUT2D eigenvalue weighted by atomic mass is 16.5. The molecule has 7 nitrogen and oxygen atoms in total. The van der Waals surface area contributed by atoms with Crippen molar-refractivity contribution in [3.63, 3.8) is 0 Å². The predicted octanol–water partition coefficient (Wildman–Crippen LogP) is 1.48. The molecule has 0 bridgehead atoms. The number of amides is 1. The molecule has 4 rings (SSSR count). The smallest absolute Gasteiger partial charge is 0.244 e. The third kappa shape index (κ3) is 4.96. The first-order valence-corrected chi connectivity index (χ1v) is 10.7. The minimum absolute atomic E-state index is 0.0278. The van der Waals surface area contributed by atoms with Crippen molar-refractivity contribution in [3.05, 3.63) is 29.8 Å². The molecule has 29 heavy (non-hydrogen) atoms. The van der Waals surface area contributed by atoms with Crippen LogP contribution in [0.15, 0.2) is 24.3 Å². The number of likely N-dealkylation sites (tertiary alicyclic amines) is 1. The van der Waals surface area contributed by atoms with E-state index in [1.807, 2.05) is 17.0 Å². The molecular formula is C22H30N4O3. The van der Waals surface area contributed by atoms with Crippen molar-refractivity contribution in [1.82, 2.24) is 9.80 Å². The summed E-state index contributed by atoms with van der Waals surface area (Å²) in [6, 6.07) is 9.38. The molecule has 156 valence electrons. The van der Waals surface area contributed by atoms with E-state index in [0.29, 0.717) is 11.7 Å². The lowest BCUT2D eigenvalue weighted by Crippen LogP contribution is -2.47. The van der Waals surface area contributed by atoms with Crippen molar-refractivity contribution in [2.45, 2.75) is 31.4 Å². The first-order chi connectivity index (χ1) is 14.2. The van der Waals surface area contributed by atoms with Crippen LogP contribution in [-0.2, 0) is 14.3 Å². The van der Waals surface area contributed by atoms with Crippen LogP contribution in [-0.4, -0.2) is 86.9 Å². The van der Waals surface area contributed by atoms with E-state index in [1.165, 1.54) is 0 Å². The average Bonchev–Trinajstić information content (AvgIpc) is 3.16. The van der Waals surface area contributed by atoms with Crippen molar-refractivity contribution >= 4 is 11.6 Å². The van der Waals surface area contributed by atoms with Gasteiger partial charge in [-0.15, -0.1) is 0 Å². The summed E-state index contributed by atoms with van der Waals surface area (Å²) in [4.78, 5) is 19.5. The largest absolute Gasteiger partial charge is 0.379 e. The summed E-state index contributed by atoms with van der Waals surface area (Å²) < 4.78 is 11.5. The third-order valence-corrected chi connectivity index (χ3v) is 6.27. The van der Waals surface area contributed by atoms with Crippen LogP contribution >= 0.6 is 0 Å². The molecule has 3 heterocycles. The molecule has 0 aromatic heterocycles. The van der Waals surface area contributed by atoms with Crippen molar-refractivity contribution in [2.75, 3.05) is 64.0 Å². The number of carbonyl (C=O) groups is 1. The lowest BCUT2D eigenvalue weighted by molar-refractivity contribution is -0.122. The number of nitriles is 1. The van der Waals surface area contributed by atoms with E-state index in [-0.39, 0.29) is 11.9 Å². The Morgan fingerprint density at radius 1 is 1.03 bits per heavy atom. The van der Waals surface area contributed by atoms with Gasteiger partial charge in [-0.2, -0.15) is 5.26 Å². The van der Waals surface area contributed by atoms with Gasteiger partial charge in [0, 0.05) is 45.0 Å². The molecule has 1 aromatic carbocycles. The second kappa shape index (κ2) is 9.68. The van der Waals surface area contributed by atoms with E-state index >= 15 is 0 Å². The summed E-state index contributed by atoms with van der Waals surface area (Å²) in [7, 11) is 0. The van der Waals surface area contributed by atoms with Gasteiger partial charge in [-0.3, -0.25) is 14.6 Å². The van der Waals surface area contributed by atoms with Crippen molar-refractivity contribution < 1.29 is 14.3 Å². The zero-order valence-corrected chi connectivity index (χ0v) is 17.0. The van der Waals surface area contributed by atoms with Crippen LogP contribution in [0.3, 0.4) is 0 Å². The standard InChI is InChI=1S/C22H30N4O3/c23-17-18-1-3-19(4-2-18)26-10-7-21(22(26)27)25-8-5-20(6-9-25)29-16-13-24-11-14-28-15-12-24/h1-4,20-21H,5-16H2/t21-/m1/s1. The number of ether oxygens (including phenoxy) is 2. The SMILES string of the molecule is N#Cc1ccc(N2CC[C@@H](N3CCC(OCCN4CCOCC4)CC3)C2=O)cc1. The quantitative estimate of drug-likeness (QED) is 0.723. The Morgan fingerprint density at radius 3 is 2.45 bits per heavy atom. The van der Waals surface area contributed by atoms with Crippen LogP contribution < -0.4 is 4.90 Å². The third-order valence-electron chi connectivity index (χ3n) is 6.27. The van der Waals surface area contributed by atoms with Crippen LogP contribution in [0.4, 0.5) is 5.69 Å². The molecule has 1 atom stereocenters. The normalized spacial score (nSPS) is 24.7. The number of hydrogen-bond donors (Lipinski definition) is 0. The van der Waals surface area contributed by atoms with Crippen LogP contribution in [0, 0.1) is 11.3 Å². The van der Waals surface area contributed by atoms with E-state index in [1.54, 1.807) is 12.1 Å². The zero-order valence-electron chi connectivity index (χ0n) is 17.0. The predicted molar refractivity (Wildman–Crippen MR) is 110 cm³/mol. The summed E-state index contributed by atoms with van der Waals surface area (Å²) in [6.45, 7) is 7.98. The minimum Gasteiger partial charge on any atom is -0.379 e. The van der Waals surface area contributed by atoms with Gasteiger partial charge < -0.3 is 14.4 Å². The molecule has 0 aliphatic carbocycles. The molecule has 0 spiro atoms. The summed E-state index contributed by atoms with van der Waals surface area (Å²) in [6.07, 6.45) is 3.15. The molecular weight excluding hydrogens is 368 g/mol. The van der Waals surface area contributed by atoms with Gasteiger partial charge in [-0.25, -0.2) is 0 Å². The topological polar surface area (TPSA) is 69.0 Å². The second-order valence-electron chi connectivity index (χ2n) is 8.01. The Labute approximate surface area is 172 Å². The van der Waals surface area contributed by atoms with E-state index in [2.05, 4.69) is 15.9 Å². The van der Waals surface area contributed by atoms with Gasteiger partial charge in [0.1, 0.15) is 0 Å². The first-order valence-electron chi connectivity index (χ1n) is 10.7. The number of piperidine rings is 1. The Morgan fingerprint density at radius 2 is 1.76 bits per heavy atom. The van der Waals surface area contributed by atoms with Crippen LogP contribution in [0.1, 0.15) is 24.8 Å². The van der Waals surface area contributed by atoms with E-state index < -0.39 is 0 Å². The Hall–Kier alpha value is -1.98. The Balaban J connectivity index is 1.21. The van der Waals surface area contributed by atoms with Crippen molar-refractivity contribution in [2.24, 2.45) is 0 Å². The van der Waals surface area contributed by atoms with E-state index in [4.69, 9.17) is 14.7 Å².